The van der Waals surface area contributed by atoms with Crippen molar-refractivity contribution in [3.63, 3.8) is 0 Å². The van der Waals surface area contributed by atoms with Gasteiger partial charge in [-0.25, -0.2) is 8.42 Å². The van der Waals surface area contributed by atoms with Crippen LogP contribution in [-0.2, 0) is 10.0 Å². The number of hydrogen-bond donors (Lipinski definition) is 2. The van der Waals surface area contributed by atoms with E-state index in [1.807, 2.05) is 0 Å². The SMILES string of the molecule is CCC(C#N)S(=O)(=O)Nc1ccc(N)cc1C. The van der Waals surface area contributed by atoms with E-state index in [0.29, 0.717) is 11.4 Å². The predicted octanol–water partition coefficient (Wildman–Crippen LogP) is 1.62. The number of rotatable bonds is 4. The maximum Gasteiger partial charge on any atom is 0.249 e. The van der Waals surface area contributed by atoms with E-state index in [9.17, 15) is 8.42 Å². The van der Waals surface area contributed by atoms with Gasteiger partial charge in [-0.2, -0.15) is 5.26 Å². The molecule has 3 N–H and O–H groups in total. The number of aryl methyl sites for hydroxylation is 1. The van der Waals surface area contributed by atoms with Gasteiger partial charge in [0.05, 0.1) is 11.8 Å². The number of nitrogens with one attached hydrogen (secondary N) is 1. The van der Waals surface area contributed by atoms with E-state index in [0.717, 1.165) is 5.56 Å². The fraction of sp³-hybridized carbons (Fsp3) is 0.364. The van der Waals surface area contributed by atoms with Gasteiger partial charge in [0, 0.05) is 5.69 Å². The zero-order valence-electron chi connectivity index (χ0n) is 9.77. The summed E-state index contributed by atoms with van der Waals surface area (Å²) >= 11 is 0. The van der Waals surface area contributed by atoms with Gasteiger partial charge < -0.3 is 5.73 Å². The maximum atomic E-state index is 11.8. The fourth-order valence-corrected chi connectivity index (χ4v) is 2.66. The third-order valence-electron chi connectivity index (χ3n) is 2.39. The maximum absolute atomic E-state index is 11.8. The summed E-state index contributed by atoms with van der Waals surface area (Å²) in [4.78, 5) is 0. The van der Waals surface area contributed by atoms with Gasteiger partial charge in [-0.05, 0) is 37.1 Å². The number of nitrogens with zero attached hydrogens (tertiary/aromatic N) is 1. The molecular weight excluding hydrogens is 238 g/mol. The predicted molar refractivity (Wildman–Crippen MR) is 67.8 cm³/mol. The van der Waals surface area contributed by atoms with Crippen molar-refractivity contribution in [2.75, 3.05) is 10.5 Å². The normalized spacial score (nSPS) is 12.8. The van der Waals surface area contributed by atoms with Crippen molar-refractivity contribution in [1.82, 2.24) is 0 Å². The second-order valence-corrected chi connectivity index (χ2v) is 5.61. The van der Waals surface area contributed by atoms with Gasteiger partial charge in [0.2, 0.25) is 10.0 Å². The summed E-state index contributed by atoms with van der Waals surface area (Å²) < 4.78 is 26.1. The molecule has 0 aliphatic heterocycles. The van der Waals surface area contributed by atoms with Crippen LogP contribution in [0.4, 0.5) is 11.4 Å². The van der Waals surface area contributed by atoms with Gasteiger partial charge in [0.15, 0.2) is 5.25 Å². The molecule has 1 unspecified atom stereocenters. The molecule has 0 bridgehead atoms. The first-order valence-corrected chi connectivity index (χ1v) is 6.72. The van der Waals surface area contributed by atoms with Crippen LogP contribution in [0.2, 0.25) is 0 Å². The molecule has 0 aromatic heterocycles. The fourth-order valence-electron chi connectivity index (χ4n) is 1.41. The van der Waals surface area contributed by atoms with E-state index in [2.05, 4.69) is 4.72 Å². The van der Waals surface area contributed by atoms with Crippen LogP contribution in [0.5, 0.6) is 0 Å². The Balaban J connectivity index is 3.03. The van der Waals surface area contributed by atoms with Crippen LogP contribution in [0.1, 0.15) is 18.9 Å². The molecule has 0 saturated carbocycles. The molecule has 0 radical (unpaired) electrons. The quantitative estimate of drug-likeness (QED) is 0.797. The number of nitrogen functional groups attached to an aromatic ring is 1. The van der Waals surface area contributed by atoms with Crippen LogP contribution in [0, 0.1) is 18.3 Å². The second-order valence-electron chi connectivity index (χ2n) is 3.75. The number of nitrogens with two attached hydrogens (primary N) is 1. The van der Waals surface area contributed by atoms with E-state index in [1.165, 1.54) is 0 Å². The van der Waals surface area contributed by atoms with Crippen LogP contribution in [0.3, 0.4) is 0 Å². The number of sulfonamides is 1. The van der Waals surface area contributed by atoms with Crippen LogP contribution in [-0.4, -0.2) is 13.7 Å². The highest BCUT2D eigenvalue weighted by atomic mass is 32.2. The van der Waals surface area contributed by atoms with E-state index in [-0.39, 0.29) is 6.42 Å². The summed E-state index contributed by atoms with van der Waals surface area (Å²) in [5, 5.41) is 7.72. The number of benzene rings is 1. The van der Waals surface area contributed by atoms with Crippen molar-refractivity contribution in [1.29, 1.82) is 5.26 Å². The Morgan fingerprint density at radius 2 is 2.18 bits per heavy atom. The summed E-state index contributed by atoms with van der Waals surface area (Å²) in [5.41, 5.74) is 7.32. The third-order valence-corrected chi connectivity index (χ3v) is 4.08. The second kappa shape index (κ2) is 5.06. The molecule has 17 heavy (non-hydrogen) atoms. The molecule has 0 aliphatic carbocycles. The Kier molecular flexibility index (Phi) is 3.97. The van der Waals surface area contributed by atoms with E-state index >= 15 is 0 Å². The van der Waals surface area contributed by atoms with Crippen LogP contribution < -0.4 is 10.5 Å². The lowest BCUT2D eigenvalue weighted by atomic mass is 10.2. The Hall–Kier alpha value is -1.74. The minimum atomic E-state index is -3.66. The van der Waals surface area contributed by atoms with E-state index in [4.69, 9.17) is 11.0 Å². The Morgan fingerprint density at radius 1 is 1.53 bits per heavy atom. The molecule has 0 fully saturated rings. The van der Waals surface area contributed by atoms with Crippen LogP contribution in [0.25, 0.3) is 0 Å². The monoisotopic (exact) mass is 253 g/mol. The highest BCUT2D eigenvalue weighted by Gasteiger charge is 2.23. The van der Waals surface area contributed by atoms with Crippen molar-refractivity contribution in [3.05, 3.63) is 23.8 Å². The van der Waals surface area contributed by atoms with Crippen molar-refractivity contribution >= 4 is 21.4 Å². The molecule has 0 heterocycles. The Labute approximate surface area is 101 Å². The number of hydrogen-bond acceptors (Lipinski definition) is 4. The molecule has 0 spiro atoms. The Bertz CT molecular complexity index is 546. The molecule has 0 amide bonds. The minimum Gasteiger partial charge on any atom is -0.399 e. The van der Waals surface area contributed by atoms with Crippen molar-refractivity contribution < 1.29 is 8.42 Å². The molecule has 6 heteroatoms. The summed E-state index contributed by atoms with van der Waals surface area (Å²) in [5.74, 6) is 0. The van der Waals surface area contributed by atoms with Crippen molar-refractivity contribution in [2.24, 2.45) is 0 Å². The smallest absolute Gasteiger partial charge is 0.249 e. The molecule has 92 valence electrons. The zero-order valence-corrected chi connectivity index (χ0v) is 10.6. The van der Waals surface area contributed by atoms with Gasteiger partial charge in [-0.1, -0.05) is 6.92 Å². The van der Waals surface area contributed by atoms with Gasteiger partial charge >= 0.3 is 0 Å². The topological polar surface area (TPSA) is 96.0 Å². The molecular formula is C11H15N3O2S. The molecule has 1 aromatic rings. The minimum absolute atomic E-state index is 0.250. The molecule has 5 nitrogen and oxygen atoms in total. The highest BCUT2D eigenvalue weighted by molar-refractivity contribution is 7.93. The standard InChI is InChI=1S/C11H15N3O2S/c1-3-10(7-12)17(15,16)14-11-5-4-9(13)6-8(11)2/h4-6,10,14H,3,13H2,1-2H3. The first-order valence-electron chi connectivity index (χ1n) is 5.18. The number of nitriles is 1. The van der Waals surface area contributed by atoms with Crippen molar-refractivity contribution in [2.45, 2.75) is 25.5 Å². The molecule has 0 saturated heterocycles. The van der Waals surface area contributed by atoms with Gasteiger partial charge in [-0.3, -0.25) is 4.72 Å². The first-order chi connectivity index (χ1) is 7.90. The summed E-state index contributed by atoms with van der Waals surface area (Å²) in [6.07, 6.45) is 0.250. The van der Waals surface area contributed by atoms with Gasteiger partial charge in [0.1, 0.15) is 0 Å². The van der Waals surface area contributed by atoms with Crippen molar-refractivity contribution in [3.8, 4) is 6.07 Å². The average Bonchev–Trinajstić information content (AvgIpc) is 2.23. The van der Waals surface area contributed by atoms with E-state index in [1.54, 1.807) is 38.1 Å². The summed E-state index contributed by atoms with van der Waals surface area (Å²) in [6.45, 7) is 3.41. The average molecular weight is 253 g/mol. The highest BCUT2D eigenvalue weighted by Crippen LogP contribution is 2.20. The molecule has 1 rings (SSSR count). The first kappa shape index (κ1) is 13.3. The van der Waals surface area contributed by atoms with Crippen LogP contribution in [0.15, 0.2) is 18.2 Å². The molecule has 1 aromatic carbocycles. The van der Waals surface area contributed by atoms with Gasteiger partial charge in [-0.15, -0.1) is 0 Å². The van der Waals surface area contributed by atoms with E-state index < -0.39 is 15.3 Å². The van der Waals surface area contributed by atoms with Gasteiger partial charge in [0.25, 0.3) is 0 Å². The summed E-state index contributed by atoms with van der Waals surface area (Å²) in [7, 11) is -3.66. The summed E-state index contributed by atoms with van der Waals surface area (Å²) in [6, 6.07) is 6.64. The largest absolute Gasteiger partial charge is 0.399 e. The Morgan fingerprint density at radius 3 is 2.65 bits per heavy atom. The van der Waals surface area contributed by atoms with Crippen LogP contribution >= 0.6 is 0 Å². The zero-order chi connectivity index (χ0) is 13.1. The lowest BCUT2D eigenvalue weighted by Crippen LogP contribution is -2.26. The molecule has 0 aliphatic rings. The lowest BCUT2D eigenvalue weighted by Gasteiger charge is -2.13. The molecule has 1 atom stereocenters. The number of anilines is 2. The lowest BCUT2D eigenvalue weighted by molar-refractivity contribution is 0.593. The third kappa shape index (κ3) is 3.11.